The number of hydrogen-bond acceptors (Lipinski definition) is 2. The second kappa shape index (κ2) is 7.68. The summed E-state index contributed by atoms with van der Waals surface area (Å²) in [5, 5.41) is 6.24. The number of carbonyl (C=O) groups excluding carboxylic acids is 1. The fourth-order valence-corrected chi connectivity index (χ4v) is 2.37. The van der Waals surface area contributed by atoms with Gasteiger partial charge in [-0.25, -0.2) is 4.39 Å². The number of nitrogens with one attached hydrogen (secondary N) is 2. The van der Waals surface area contributed by atoms with Crippen molar-refractivity contribution >= 4 is 29.9 Å². The van der Waals surface area contributed by atoms with Gasteiger partial charge in [0.1, 0.15) is 5.82 Å². The van der Waals surface area contributed by atoms with E-state index >= 15 is 0 Å². The normalized spacial score (nSPS) is 17.9. The lowest BCUT2D eigenvalue weighted by Crippen LogP contribution is -2.26. The van der Waals surface area contributed by atoms with Crippen LogP contribution in [0.5, 0.6) is 0 Å². The predicted molar refractivity (Wildman–Crippen MR) is 76.6 cm³/mol. The van der Waals surface area contributed by atoms with Crippen LogP contribution in [0, 0.1) is 11.7 Å². The molecule has 1 heterocycles. The van der Waals surface area contributed by atoms with E-state index in [0.717, 1.165) is 32.0 Å². The number of benzene rings is 1. The van der Waals surface area contributed by atoms with Crippen LogP contribution < -0.4 is 10.6 Å². The van der Waals surface area contributed by atoms with Gasteiger partial charge in [-0.2, -0.15) is 0 Å². The first-order valence-electron chi connectivity index (χ1n) is 6.11. The van der Waals surface area contributed by atoms with Gasteiger partial charge < -0.3 is 10.6 Å². The van der Waals surface area contributed by atoms with Crippen LogP contribution in [0.25, 0.3) is 0 Å². The van der Waals surface area contributed by atoms with Gasteiger partial charge in [-0.15, -0.1) is 12.4 Å². The first kappa shape index (κ1) is 16.2. The van der Waals surface area contributed by atoms with Crippen LogP contribution >= 0.6 is 24.0 Å². The summed E-state index contributed by atoms with van der Waals surface area (Å²) >= 11 is 5.82. The van der Waals surface area contributed by atoms with Crippen molar-refractivity contribution in [3.05, 3.63) is 34.6 Å². The van der Waals surface area contributed by atoms with Gasteiger partial charge in [0.05, 0.1) is 10.6 Å². The fraction of sp³-hybridized carbons (Fsp3) is 0.462. The van der Waals surface area contributed by atoms with E-state index in [1.165, 1.54) is 12.1 Å². The van der Waals surface area contributed by atoms with Gasteiger partial charge in [0.25, 0.3) is 5.91 Å². The average molecular weight is 307 g/mol. The Morgan fingerprint density at radius 3 is 2.95 bits per heavy atom. The Hall–Kier alpha value is -0.840. The molecular formula is C13H17Cl2FN2O. The third-order valence-corrected chi connectivity index (χ3v) is 3.49. The zero-order valence-corrected chi connectivity index (χ0v) is 12.0. The van der Waals surface area contributed by atoms with Crippen molar-refractivity contribution in [2.75, 3.05) is 19.6 Å². The first-order valence-corrected chi connectivity index (χ1v) is 6.48. The molecule has 1 aromatic carbocycles. The third-order valence-electron chi connectivity index (χ3n) is 3.18. The summed E-state index contributed by atoms with van der Waals surface area (Å²) in [5.74, 6) is -0.0477. The van der Waals surface area contributed by atoms with E-state index in [4.69, 9.17) is 11.6 Å². The topological polar surface area (TPSA) is 41.1 Å². The number of carbonyl (C=O) groups is 1. The minimum atomic E-state index is -0.436. The molecule has 1 atom stereocenters. The highest BCUT2D eigenvalue weighted by atomic mass is 35.5. The second-order valence-electron chi connectivity index (χ2n) is 4.53. The van der Waals surface area contributed by atoms with Crippen molar-refractivity contribution in [3.8, 4) is 0 Å². The number of rotatable bonds is 4. The van der Waals surface area contributed by atoms with Crippen molar-refractivity contribution in [3.63, 3.8) is 0 Å². The molecule has 2 N–H and O–H groups in total. The predicted octanol–water partition coefficient (Wildman–Crippen LogP) is 2.63. The third kappa shape index (κ3) is 4.64. The van der Waals surface area contributed by atoms with Crippen LogP contribution in [0.15, 0.2) is 18.2 Å². The Morgan fingerprint density at radius 1 is 1.53 bits per heavy atom. The van der Waals surface area contributed by atoms with Gasteiger partial charge in [-0.3, -0.25) is 4.79 Å². The van der Waals surface area contributed by atoms with Gasteiger partial charge in [0, 0.05) is 6.54 Å². The summed E-state index contributed by atoms with van der Waals surface area (Å²) in [7, 11) is 0. The van der Waals surface area contributed by atoms with E-state index in [9.17, 15) is 9.18 Å². The largest absolute Gasteiger partial charge is 0.352 e. The number of halogens is 3. The van der Waals surface area contributed by atoms with Crippen molar-refractivity contribution in [1.82, 2.24) is 10.6 Å². The Kier molecular flexibility index (Phi) is 6.55. The molecule has 0 aliphatic carbocycles. The molecule has 1 aliphatic rings. The maximum absolute atomic E-state index is 12.8. The van der Waals surface area contributed by atoms with Gasteiger partial charge in [-0.05, 0) is 50.0 Å². The molecule has 106 valence electrons. The molecule has 3 nitrogen and oxygen atoms in total. The molecule has 0 saturated carbocycles. The number of hydrogen-bond donors (Lipinski definition) is 2. The van der Waals surface area contributed by atoms with Crippen LogP contribution in [0.1, 0.15) is 23.2 Å². The lowest BCUT2D eigenvalue weighted by molar-refractivity contribution is 0.0952. The maximum Gasteiger partial charge on any atom is 0.252 e. The second-order valence-corrected chi connectivity index (χ2v) is 4.93. The minimum Gasteiger partial charge on any atom is -0.352 e. The quantitative estimate of drug-likeness (QED) is 0.898. The molecule has 1 unspecified atom stereocenters. The first-order chi connectivity index (χ1) is 8.66. The molecule has 0 radical (unpaired) electrons. The summed E-state index contributed by atoms with van der Waals surface area (Å²) in [6.07, 6.45) is 2.12. The van der Waals surface area contributed by atoms with Gasteiger partial charge >= 0.3 is 0 Å². The van der Waals surface area contributed by atoms with Crippen molar-refractivity contribution in [2.24, 2.45) is 5.92 Å². The number of amides is 1. The van der Waals surface area contributed by atoms with Crippen molar-refractivity contribution in [1.29, 1.82) is 0 Å². The fourth-order valence-electron chi connectivity index (χ4n) is 2.12. The average Bonchev–Trinajstić information content (AvgIpc) is 2.81. The Labute approximate surface area is 123 Å². The van der Waals surface area contributed by atoms with Crippen molar-refractivity contribution in [2.45, 2.75) is 12.8 Å². The summed E-state index contributed by atoms with van der Waals surface area (Å²) < 4.78 is 12.8. The molecule has 0 spiro atoms. The summed E-state index contributed by atoms with van der Waals surface area (Å²) in [4.78, 5) is 11.8. The van der Waals surface area contributed by atoms with E-state index in [-0.39, 0.29) is 23.3 Å². The highest BCUT2D eigenvalue weighted by molar-refractivity contribution is 6.33. The zero-order chi connectivity index (χ0) is 13.0. The molecule has 6 heteroatoms. The highest BCUT2D eigenvalue weighted by Crippen LogP contribution is 2.17. The molecule has 1 fully saturated rings. The monoisotopic (exact) mass is 306 g/mol. The molecule has 1 aliphatic heterocycles. The molecule has 2 rings (SSSR count). The summed E-state index contributed by atoms with van der Waals surface area (Å²) in [6, 6.07) is 3.79. The Morgan fingerprint density at radius 2 is 2.32 bits per heavy atom. The van der Waals surface area contributed by atoms with Crippen LogP contribution in [-0.2, 0) is 0 Å². The lowest BCUT2D eigenvalue weighted by Gasteiger charge is -2.10. The summed E-state index contributed by atoms with van der Waals surface area (Å²) in [5.41, 5.74) is 0.322. The standard InChI is InChI=1S/C13H16ClFN2O.ClH/c14-12-7-10(15)1-2-11(12)13(18)17-6-4-9-3-5-16-8-9;/h1-2,7,9,16H,3-6,8H2,(H,17,18);1H. The minimum absolute atomic E-state index is 0. The van der Waals surface area contributed by atoms with Crippen LogP contribution in [0.2, 0.25) is 5.02 Å². The summed E-state index contributed by atoms with van der Waals surface area (Å²) in [6.45, 7) is 2.70. The highest BCUT2D eigenvalue weighted by Gasteiger charge is 2.15. The molecule has 0 aromatic heterocycles. The SMILES string of the molecule is Cl.O=C(NCCC1CCNC1)c1ccc(F)cc1Cl. The maximum atomic E-state index is 12.8. The van der Waals surface area contributed by atoms with E-state index in [2.05, 4.69) is 10.6 Å². The molecule has 1 saturated heterocycles. The van der Waals surface area contributed by atoms with Crippen LogP contribution in [-0.4, -0.2) is 25.5 Å². The lowest BCUT2D eigenvalue weighted by atomic mass is 10.1. The van der Waals surface area contributed by atoms with Crippen molar-refractivity contribution < 1.29 is 9.18 Å². The molecule has 19 heavy (non-hydrogen) atoms. The van der Waals surface area contributed by atoms with E-state index in [0.29, 0.717) is 18.0 Å². The van der Waals surface area contributed by atoms with E-state index in [1.54, 1.807) is 0 Å². The molecule has 1 amide bonds. The molecule has 1 aromatic rings. The van der Waals surface area contributed by atoms with Gasteiger partial charge in [-0.1, -0.05) is 11.6 Å². The zero-order valence-electron chi connectivity index (χ0n) is 10.4. The van der Waals surface area contributed by atoms with Crippen LogP contribution in [0.3, 0.4) is 0 Å². The van der Waals surface area contributed by atoms with Gasteiger partial charge in [0.15, 0.2) is 0 Å². The van der Waals surface area contributed by atoms with E-state index < -0.39 is 5.82 Å². The Balaban J connectivity index is 0.00000180. The smallest absolute Gasteiger partial charge is 0.252 e. The molecular weight excluding hydrogens is 290 g/mol. The van der Waals surface area contributed by atoms with E-state index in [1.807, 2.05) is 0 Å². The molecule has 0 bridgehead atoms. The van der Waals surface area contributed by atoms with Gasteiger partial charge in [0.2, 0.25) is 0 Å². The van der Waals surface area contributed by atoms with Crippen LogP contribution in [0.4, 0.5) is 4.39 Å². The Bertz CT molecular complexity index is 437.